The van der Waals surface area contributed by atoms with E-state index in [1.165, 1.54) is 25.8 Å². The van der Waals surface area contributed by atoms with Crippen LogP contribution >= 0.6 is 0 Å². The predicted molar refractivity (Wildman–Crippen MR) is 62.7 cm³/mol. The quantitative estimate of drug-likeness (QED) is 0.789. The lowest BCUT2D eigenvalue weighted by Crippen LogP contribution is -2.50. The van der Waals surface area contributed by atoms with Gasteiger partial charge in [0.05, 0.1) is 6.10 Å². The zero-order valence-corrected chi connectivity index (χ0v) is 10.7. The highest BCUT2D eigenvalue weighted by Gasteiger charge is 2.35. The molecule has 0 aromatic heterocycles. The van der Waals surface area contributed by atoms with E-state index in [4.69, 9.17) is 9.84 Å². The topological polar surface area (TPSA) is 66.8 Å². The third kappa shape index (κ3) is 3.43. The van der Waals surface area contributed by atoms with Gasteiger partial charge in [0, 0.05) is 20.1 Å². The molecule has 0 saturated carbocycles. The summed E-state index contributed by atoms with van der Waals surface area (Å²) in [5.74, 6) is -1.14. The van der Waals surface area contributed by atoms with Gasteiger partial charge in [0.1, 0.15) is 5.54 Å². The molecule has 98 valence electrons. The van der Waals surface area contributed by atoms with E-state index < -0.39 is 11.5 Å². The second kappa shape index (κ2) is 5.49. The first-order chi connectivity index (χ1) is 7.85. The molecule has 1 atom stereocenters. The van der Waals surface area contributed by atoms with Gasteiger partial charge in [-0.05, 0) is 33.1 Å². The lowest BCUT2D eigenvalue weighted by atomic mass is 10.0. The Labute approximate surface area is 102 Å². The molecule has 0 spiro atoms. The summed E-state index contributed by atoms with van der Waals surface area (Å²) in [4.78, 5) is 24.2. The van der Waals surface area contributed by atoms with Crippen LogP contribution in [-0.2, 0) is 14.3 Å². The Morgan fingerprint density at radius 2 is 2.12 bits per heavy atom. The van der Waals surface area contributed by atoms with Crippen molar-refractivity contribution in [3.05, 3.63) is 0 Å². The molecule has 1 rings (SSSR count). The number of carbonyl (C=O) groups is 2. The summed E-state index contributed by atoms with van der Waals surface area (Å²) in [5.41, 5.74) is -1.16. The van der Waals surface area contributed by atoms with Crippen molar-refractivity contribution in [3.8, 4) is 0 Å². The van der Waals surface area contributed by atoms with E-state index >= 15 is 0 Å². The largest absolute Gasteiger partial charge is 0.480 e. The Kier molecular flexibility index (Phi) is 4.51. The average Bonchev–Trinajstić information content (AvgIpc) is 2.77. The molecule has 0 radical (unpaired) electrons. The molecule has 1 aliphatic rings. The molecule has 0 aromatic carbocycles. The normalized spacial score (nSPS) is 20.3. The lowest BCUT2D eigenvalue weighted by molar-refractivity contribution is -0.155. The SMILES string of the molecule is CN(C(=O)CCC1CCCO1)C(C)(C)C(=O)O. The van der Waals surface area contributed by atoms with Gasteiger partial charge >= 0.3 is 5.97 Å². The molecule has 1 saturated heterocycles. The molecular formula is C12H21NO4. The molecule has 0 aliphatic carbocycles. The van der Waals surface area contributed by atoms with Crippen molar-refractivity contribution in [3.63, 3.8) is 0 Å². The number of nitrogens with zero attached hydrogens (tertiary/aromatic N) is 1. The van der Waals surface area contributed by atoms with E-state index in [1.54, 1.807) is 0 Å². The molecule has 1 amide bonds. The molecule has 5 heteroatoms. The number of carboxylic acids is 1. The molecule has 1 unspecified atom stereocenters. The Balaban J connectivity index is 2.43. The summed E-state index contributed by atoms with van der Waals surface area (Å²) >= 11 is 0. The number of hydrogen-bond acceptors (Lipinski definition) is 3. The minimum Gasteiger partial charge on any atom is -0.480 e. The van der Waals surface area contributed by atoms with Crippen LogP contribution in [0.4, 0.5) is 0 Å². The number of amides is 1. The van der Waals surface area contributed by atoms with Crippen molar-refractivity contribution in [2.24, 2.45) is 0 Å². The molecule has 5 nitrogen and oxygen atoms in total. The summed E-state index contributed by atoms with van der Waals surface area (Å²) in [6, 6.07) is 0. The van der Waals surface area contributed by atoms with Crippen molar-refractivity contribution >= 4 is 11.9 Å². The average molecular weight is 243 g/mol. The van der Waals surface area contributed by atoms with Crippen molar-refractivity contribution in [2.75, 3.05) is 13.7 Å². The minimum absolute atomic E-state index is 0.145. The number of hydrogen-bond donors (Lipinski definition) is 1. The van der Waals surface area contributed by atoms with Crippen LogP contribution in [0.25, 0.3) is 0 Å². The summed E-state index contributed by atoms with van der Waals surface area (Å²) < 4.78 is 5.43. The number of carboxylic acid groups (broad SMARTS) is 1. The van der Waals surface area contributed by atoms with Gasteiger partial charge in [0.25, 0.3) is 0 Å². The summed E-state index contributed by atoms with van der Waals surface area (Å²) in [6.45, 7) is 3.83. The van der Waals surface area contributed by atoms with E-state index in [0.29, 0.717) is 12.8 Å². The lowest BCUT2D eigenvalue weighted by Gasteiger charge is -2.31. The van der Waals surface area contributed by atoms with E-state index in [2.05, 4.69) is 0 Å². The monoisotopic (exact) mass is 243 g/mol. The summed E-state index contributed by atoms with van der Waals surface area (Å²) in [6.07, 6.45) is 3.24. The van der Waals surface area contributed by atoms with Gasteiger partial charge in [-0.15, -0.1) is 0 Å². The maximum atomic E-state index is 11.9. The standard InChI is InChI=1S/C12H21NO4/c1-12(2,11(15)16)13(3)10(14)7-6-9-5-4-8-17-9/h9H,4-8H2,1-3H3,(H,15,16). The van der Waals surface area contributed by atoms with Crippen LogP contribution < -0.4 is 0 Å². The fourth-order valence-corrected chi connectivity index (χ4v) is 1.78. The van der Waals surface area contributed by atoms with Gasteiger partial charge in [-0.3, -0.25) is 4.79 Å². The Morgan fingerprint density at radius 1 is 1.47 bits per heavy atom. The van der Waals surface area contributed by atoms with Crippen LogP contribution in [0.15, 0.2) is 0 Å². The highest BCUT2D eigenvalue weighted by Crippen LogP contribution is 2.19. The molecule has 1 heterocycles. The second-order valence-electron chi connectivity index (χ2n) is 4.99. The zero-order chi connectivity index (χ0) is 13.1. The van der Waals surface area contributed by atoms with Crippen LogP contribution in [0.3, 0.4) is 0 Å². The van der Waals surface area contributed by atoms with Gasteiger partial charge < -0.3 is 14.7 Å². The fourth-order valence-electron chi connectivity index (χ4n) is 1.78. The maximum Gasteiger partial charge on any atom is 0.329 e. The Morgan fingerprint density at radius 3 is 2.59 bits per heavy atom. The third-order valence-electron chi connectivity index (χ3n) is 3.44. The van der Waals surface area contributed by atoms with E-state index in [1.807, 2.05) is 0 Å². The van der Waals surface area contributed by atoms with Crippen LogP contribution in [0.1, 0.15) is 39.5 Å². The van der Waals surface area contributed by atoms with E-state index in [-0.39, 0.29) is 12.0 Å². The number of rotatable bonds is 5. The third-order valence-corrected chi connectivity index (χ3v) is 3.44. The molecule has 0 bridgehead atoms. The van der Waals surface area contributed by atoms with Crippen LogP contribution in [0.2, 0.25) is 0 Å². The minimum atomic E-state index is -1.16. The van der Waals surface area contributed by atoms with Crippen molar-refractivity contribution < 1.29 is 19.4 Å². The number of ether oxygens (including phenoxy) is 1. The van der Waals surface area contributed by atoms with E-state index in [0.717, 1.165) is 19.4 Å². The second-order valence-corrected chi connectivity index (χ2v) is 4.99. The molecular weight excluding hydrogens is 222 g/mol. The first kappa shape index (κ1) is 14.0. The van der Waals surface area contributed by atoms with Crippen LogP contribution in [0, 0.1) is 0 Å². The van der Waals surface area contributed by atoms with Gasteiger partial charge in [0.15, 0.2) is 0 Å². The molecule has 0 aromatic rings. The number of carbonyl (C=O) groups excluding carboxylic acids is 1. The summed E-state index contributed by atoms with van der Waals surface area (Å²) in [7, 11) is 1.53. The van der Waals surface area contributed by atoms with Crippen molar-refractivity contribution in [2.45, 2.75) is 51.2 Å². The highest BCUT2D eigenvalue weighted by molar-refractivity contribution is 5.86. The molecule has 17 heavy (non-hydrogen) atoms. The van der Waals surface area contributed by atoms with E-state index in [9.17, 15) is 9.59 Å². The van der Waals surface area contributed by atoms with Crippen molar-refractivity contribution in [1.82, 2.24) is 4.90 Å². The number of aliphatic carboxylic acids is 1. The molecule has 1 aliphatic heterocycles. The van der Waals surface area contributed by atoms with Gasteiger partial charge in [-0.1, -0.05) is 0 Å². The summed E-state index contributed by atoms with van der Waals surface area (Å²) in [5, 5.41) is 9.02. The Bertz CT molecular complexity index is 295. The number of likely N-dealkylation sites (N-methyl/N-ethyl adjacent to an activating group) is 1. The zero-order valence-electron chi connectivity index (χ0n) is 10.7. The maximum absolute atomic E-state index is 11.9. The van der Waals surface area contributed by atoms with Gasteiger partial charge in [0.2, 0.25) is 5.91 Å². The van der Waals surface area contributed by atoms with Gasteiger partial charge in [-0.2, -0.15) is 0 Å². The van der Waals surface area contributed by atoms with Gasteiger partial charge in [-0.25, -0.2) is 4.79 Å². The highest BCUT2D eigenvalue weighted by atomic mass is 16.5. The first-order valence-electron chi connectivity index (χ1n) is 5.97. The predicted octanol–water partition coefficient (Wildman–Crippen LogP) is 1.27. The molecule has 1 N–H and O–H groups in total. The van der Waals surface area contributed by atoms with Crippen LogP contribution in [0.5, 0.6) is 0 Å². The molecule has 1 fully saturated rings. The van der Waals surface area contributed by atoms with Crippen LogP contribution in [-0.4, -0.2) is 47.2 Å². The fraction of sp³-hybridized carbons (Fsp3) is 0.833. The smallest absolute Gasteiger partial charge is 0.329 e. The van der Waals surface area contributed by atoms with Crippen molar-refractivity contribution in [1.29, 1.82) is 0 Å². The first-order valence-corrected chi connectivity index (χ1v) is 5.97. The Hall–Kier alpha value is -1.10.